The summed E-state index contributed by atoms with van der Waals surface area (Å²) in [5, 5.41) is 2.83. The number of hydrogen-bond acceptors (Lipinski definition) is 3. The lowest BCUT2D eigenvalue weighted by Crippen LogP contribution is -2.13. The molecule has 0 unspecified atom stereocenters. The van der Waals surface area contributed by atoms with Crippen molar-refractivity contribution in [3.8, 4) is 11.5 Å². The minimum absolute atomic E-state index is 0.212. The van der Waals surface area contributed by atoms with E-state index >= 15 is 0 Å². The number of carbonyl (C=O) groups excluding carboxylic acids is 1. The van der Waals surface area contributed by atoms with Crippen molar-refractivity contribution in [2.75, 3.05) is 19.0 Å². The summed E-state index contributed by atoms with van der Waals surface area (Å²) in [4.78, 5) is 12.2. The topological polar surface area (TPSA) is 47.6 Å². The number of ether oxygens (including phenoxy) is 2. The van der Waals surface area contributed by atoms with Gasteiger partial charge in [0.1, 0.15) is 11.5 Å². The third kappa shape index (κ3) is 3.29. The quantitative estimate of drug-likeness (QED) is 0.907. The lowest BCUT2D eigenvalue weighted by Gasteiger charge is -2.10. The average molecular weight is 271 g/mol. The predicted molar refractivity (Wildman–Crippen MR) is 78.6 cm³/mol. The molecule has 0 saturated heterocycles. The van der Waals surface area contributed by atoms with Crippen molar-refractivity contribution >= 4 is 11.6 Å². The number of benzene rings is 2. The van der Waals surface area contributed by atoms with Gasteiger partial charge >= 0.3 is 0 Å². The molecule has 1 amide bonds. The highest BCUT2D eigenvalue weighted by molar-refractivity contribution is 6.06. The highest BCUT2D eigenvalue weighted by atomic mass is 16.5. The number of anilines is 1. The number of rotatable bonds is 5. The molecule has 0 aliphatic heterocycles. The number of hydrogen-bond donors (Lipinski definition) is 1. The van der Waals surface area contributed by atoms with Crippen LogP contribution in [-0.2, 0) is 0 Å². The van der Waals surface area contributed by atoms with Gasteiger partial charge in [0.05, 0.1) is 19.3 Å². The first kappa shape index (κ1) is 13.9. The van der Waals surface area contributed by atoms with Gasteiger partial charge in [-0.1, -0.05) is 18.2 Å². The van der Waals surface area contributed by atoms with Gasteiger partial charge < -0.3 is 14.8 Å². The van der Waals surface area contributed by atoms with E-state index < -0.39 is 0 Å². The molecule has 0 spiro atoms. The Kier molecular flexibility index (Phi) is 4.60. The summed E-state index contributed by atoms with van der Waals surface area (Å²) >= 11 is 0. The van der Waals surface area contributed by atoms with Gasteiger partial charge in [-0.3, -0.25) is 4.79 Å². The minimum Gasteiger partial charge on any atom is -0.496 e. The zero-order chi connectivity index (χ0) is 14.4. The van der Waals surface area contributed by atoms with Crippen molar-refractivity contribution in [2.24, 2.45) is 0 Å². The Bertz CT molecular complexity index is 596. The molecule has 2 rings (SSSR count). The summed E-state index contributed by atoms with van der Waals surface area (Å²) < 4.78 is 10.6. The number of amides is 1. The van der Waals surface area contributed by atoms with Crippen LogP contribution in [0.5, 0.6) is 11.5 Å². The summed E-state index contributed by atoms with van der Waals surface area (Å²) in [5.74, 6) is 1.06. The Morgan fingerprint density at radius 1 is 1.15 bits per heavy atom. The van der Waals surface area contributed by atoms with Crippen LogP contribution < -0.4 is 14.8 Å². The molecule has 4 nitrogen and oxygen atoms in total. The predicted octanol–water partition coefficient (Wildman–Crippen LogP) is 3.35. The molecule has 0 fully saturated rings. The van der Waals surface area contributed by atoms with Crippen LogP contribution in [0.2, 0.25) is 0 Å². The largest absolute Gasteiger partial charge is 0.496 e. The van der Waals surface area contributed by atoms with Crippen LogP contribution in [0.25, 0.3) is 0 Å². The molecule has 1 N–H and O–H groups in total. The summed E-state index contributed by atoms with van der Waals surface area (Å²) in [6, 6.07) is 14.4. The molecular weight excluding hydrogens is 254 g/mol. The van der Waals surface area contributed by atoms with Crippen molar-refractivity contribution in [3.05, 3.63) is 54.1 Å². The Morgan fingerprint density at radius 3 is 2.70 bits per heavy atom. The molecule has 4 heteroatoms. The van der Waals surface area contributed by atoms with Crippen molar-refractivity contribution in [2.45, 2.75) is 6.92 Å². The number of para-hydroxylation sites is 1. The van der Waals surface area contributed by atoms with E-state index in [0.717, 1.165) is 5.75 Å². The second kappa shape index (κ2) is 6.61. The van der Waals surface area contributed by atoms with Crippen LogP contribution in [0.15, 0.2) is 48.5 Å². The first-order valence-corrected chi connectivity index (χ1v) is 6.42. The van der Waals surface area contributed by atoms with E-state index in [-0.39, 0.29) is 5.91 Å². The third-order valence-corrected chi connectivity index (χ3v) is 2.75. The van der Waals surface area contributed by atoms with E-state index in [1.165, 1.54) is 0 Å². The molecule has 0 atom stereocenters. The highest BCUT2D eigenvalue weighted by Gasteiger charge is 2.11. The third-order valence-electron chi connectivity index (χ3n) is 2.75. The van der Waals surface area contributed by atoms with Crippen LogP contribution in [-0.4, -0.2) is 19.6 Å². The summed E-state index contributed by atoms with van der Waals surface area (Å²) in [6.07, 6.45) is 0. The van der Waals surface area contributed by atoms with Crippen LogP contribution in [0.3, 0.4) is 0 Å². The van der Waals surface area contributed by atoms with Gasteiger partial charge in [-0.05, 0) is 31.2 Å². The molecule has 0 aliphatic carbocycles. The molecule has 0 saturated carbocycles. The standard InChI is InChI=1S/C16H17NO3/c1-3-20-13-8-6-7-12(11-13)17-16(18)14-9-4-5-10-15(14)19-2/h4-11H,3H2,1-2H3,(H,17,18). The van der Waals surface area contributed by atoms with E-state index in [1.807, 2.05) is 31.2 Å². The van der Waals surface area contributed by atoms with Gasteiger partial charge in [-0.15, -0.1) is 0 Å². The molecule has 104 valence electrons. The SMILES string of the molecule is CCOc1cccc(NC(=O)c2ccccc2OC)c1. The van der Waals surface area contributed by atoms with Crippen LogP contribution in [0.1, 0.15) is 17.3 Å². The van der Waals surface area contributed by atoms with Gasteiger partial charge in [0, 0.05) is 11.8 Å². The normalized spacial score (nSPS) is 9.90. The first-order valence-electron chi connectivity index (χ1n) is 6.42. The van der Waals surface area contributed by atoms with Gasteiger partial charge in [0.2, 0.25) is 0 Å². The second-order valence-corrected chi connectivity index (χ2v) is 4.12. The second-order valence-electron chi connectivity index (χ2n) is 4.12. The molecule has 20 heavy (non-hydrogen) atoms. The van der Waals surface area contributed by atoms with Crippen molar-refractivity contribution in [1.82, 2.24) is 0 Å². The fourth-order valence-corrected chi connectivity index (χ4v) is 1.86. The molecule has 0 bridgehead atoms. The molecule has 0 aliphatic rings. The van der Waals surface area contributed by atoms with Gasteiger partial charge in [-0.2, -0.15) is 0 Å². The average Bonchev–Trinajstić information content (AvgIpc) is 2.48. The van der Waals surface area contributed by atoms with Crippen molar-refractivity contribution in [3.63, 3.8) is 0 Å². The molecule has 0 aromatic heterocycles. The smallest absolute Gasteiger partial charge is 0.259 e. The fourth-order valence-electron chi connectivity index (χ4n) is 1.86. The van der Waals surface area contributed by atoms with Crippen LogP contribution in [0.4, 0.5) is 5.69 Å². The summed E-state index contributed by atoms with van der Waals surface area (Å²) in [6.45, 7) is 2.50. The molecule has 0 radical (unpaired) electrons. The zero-order valence-corrected chi connectivity index (χ0v) is 11.6. The van der Waals surface area contributed by atoms with E-state index in [9.17, 15) is 4.79 Å². The fraction of sp³-hybridized carbons (Fsp3) is 0.188. The number of carbonyl (C=O) groups is 1. The Hall–Kier alpha value is -2.49. The van der Waals surface area contributed by atoms with E-state index in [0.29, 0.717) is 23.6 Å². The Labute approximate surface area is 118 Å². The maximum Gasteiger partial charge on any atom is 0.259 e. The molecule has 0 heterocycles. The Balaban J connectivity index is 2.17. The summed E-state index contributed by atoms with van der Waals surface area (Å²) in [7, 11) is 1.54. The summed E-state index contributed by atoms with van der Waals surface area (Å²) in [5.41, 5.74) is 1.18. The van der Waals surface area contributed by atoms with Crippen molar-refractivity contribution < 1.29 is 14.3 Å². The molecule has 2 aromatic carbocycles. The first-order chi connectivity index (χ1) is 9.74. The van der Waals surface area contributed by atoms with Crippen LogP contribution in [0, 0.1) is 0 Å². The zero-order valence-electron chi connectivity index (χ0n) is 11.6. The van der Waals surface area contributed by atoms with E-state index in [1.54, 1.807) is 31.4 Å². The number of nitrogens with one attached hydrogen (secondary N) is 1. The van der Waals surface area contributed by atoms with Crippen LogP contribution >= 0.6 is 0 Å². The highest BCUT2D eigenvalue weighted by Crippen LogP contribution is 2.21. The van der Waals surface area contributed by atoms with Gasteiger partial charge in [-0.25, -0.2) is 0 Å². The molecule has 2 aromatic rings. The van der Waals surface area contributed by atoms with E-state index in [4.69, 9.17) is 9.47 Å². The lowest BCUT2D eigenvalue weighted by atomic mass is 10.2. The van der Waals surface area contributed by atoms with Gasteiger partial charge in [0.25, 0.3) is 5.91 Å². The van der Waals surface area contributed by atoms with Gasteiger partial charge in [0.15, 0.2) is 0 Å². The lowest BCUT2D eigenvalue weighted by molar-refractivity contribution is 0.102. The Morgan fingerprint density at radius 2 is 1.95 bits per heavy atom. The van der Waals surface area contributed by atoms with E-state index in [2.05, 4.69) is 5.32 Å². The monoisotopic (exact) mass is 271 g/mol. The minimum atomic E-state index is -0.212. The maximum atomic E-state index is 12.2. The maximum absolute atomic E-state index is 12.2. The molecular formula is C16H17NO3. The number of methoxy groups -OCH3 is 1. The van der Waals surface area contributed by atoms with Crippen molar-refractivity contribution in [1.29, 1.82) is 0 Å².